The van der Waals surface area contributed by atoms with Crippen molar-refractivity contribution in [1.29, 1.82) is 0 Å². The predicted octanol–water partition coefficient (Wildman–Crippen LogP) is 3.13. The monoisotopic (exact) mass is 373 g/mol. The van der Waals surface area contributed by atoms with Crippen LogP contribution in [0, 0.1) is 0 Å². The van der Waals surface area contributed by atoms with Gasteiger partial charge in [0.25, 0.3) is 0 Å². The molecule has 24 heavy (non-hydrogen) atoms. The second-order valence-corrected chi connectivity index (χ2v) is 6.73. The van der Waals surface area contributed by atoms with Gasteiger partial charge >= 0.3 is 11.9 Å². The van der Waals surface area contributed by atoms with E-state index in [4.69, 9.17) is 19.8 Å². The van der Waals surface area contributed by atoms with Gasteiger partial charge in [-0.1, -0.05) is 38.3 Å². The van der Waals surface area contributed by atoms with Crippen LogP contribution >= 0.6 is 23.5 Å². The van der Waals surface area contributed by atoms with Gasteiger partial charge in [-0.15, -0.1) is 11.8 Å². The topological polar surface area (TPSA) is 104 Å². The zero-order valence-electron chi connectivity index (χ0n) is 13.7. The van der Waals surface area contributed by atoms with E-state index in [1.807, 2.05) is 11.8 Å². The number of thioether (sulfide) groups is 1. The van der Waals surface area contributed by atoms with Crippen molar-refractivity contribution >= 4 is 41.2 Å². The number of unbranched alkanes of at least 4 members (excludes halogenated alkanes) is 3. The van der Waals surface area contributed by atoms with E-state index in [2.05, 4.69) is 32.7 Å². The minimum Gasteiger partial charge on any atom is -0.473 e. The summed E-state index contributed by atoms with van der Waals surface area (Å²) >= 11 is 3.21. The lowest BCUT2D eigenvalue weighted by atomic mass is 10.2. The molecule has 0 radical (unpaired) electrons. The van der Waals surface area contributed by atoms with Gasteiger partial charge in [-0.05, 0) is 18.6 Å². The quantitative estimate of drug-likeness (QED) is 0.325. The molecule has 0 bridgehead atoms. The first-order valence-electron chi connectivity index (χ1n) is 7.87. The Hall–Kier alpha value is -1.61. The Morgan fingerprint density at radius 1 is 1.21 bits per heavy atom. The molecular formula is C15H23N3O4S2. The number of hydrogen-bond acceptors (Lipinski definition) is 7. The summed E-state index contributed by atoms with van der Waals surface area (Å²) in [6, 6.07) is 0. The molecular weight excluding hydrogens is 350 g/mol. The lowest BCUT2D eigenvalue weighted by molar-refractivity contribution is -0.159. The third kappa shape index (κ3) is 7.78. The Morgan fingerprint density at radius 3 is 2.54 bits per heavy atom. The summed E-state index contributed by atoms with van der Waals surface area (Å²) in [5.41, 5.74) is 0. The smallest absolute Gasteiger partial charge is 0.414 e. The molecule has 1 aromatic rings. The molecule has 0 atom stereocenters. The van der Waals surface area contributed by atoms with Crippen molar-refractivity contribution in [2.75, 3.05) is 23.7 Å². The Morgan fingerprint density at radius 2 is 1.96 bits per heavy atom. The Bertz CT molecular complexity index is 537. The first-order chi connectivity index (χ1) is 11.6. The van der Waals surface area contributed by atoms with E-state index in [0.29, 0.717) is 0 Å². The van der Waals surface area contributed by atoms with Crippen LogP contribution in [0.3, 0.4) is 0 Å². The van der Waals surface area contributed by atoms with Gasteiger partial charge < -0.3 is 15.1 Å². The molecule has 0 amide bonds. The second kappa shape index (κ2) is 11.9. The molecule has 0 spiro atoms. The van der Waals surface area contributed by atoms with Crippen molar-refractivity contribution in [3.63, 3.8) is 0 Å². The largest absolute Gasteiger partial charge is 0.473 e. The molecule has 1 aliphatic heterocycles. The van der Waals surface area contributed by atoms with E-state index in [-0.39, 0.29) is 0 Å². The predicted molar refractivity (Wildman–Crippen MR) is 96.0 cm³/mol. The number of carbonyl (C=O) groups is 2. The maximum absolute atomic E-state index is 9.10. The third-order valence-electron chi connectivity index (χ3n) is 3.22. The first-order valence-corrected chi connectivity index (χ1v) is 9.59. The molecule has 2 N–H and O–H groups in total. The van der Waals surface area contributed by atoms with Crippen molar-refractivity contribution in [2.45, 2.75) is 44.1 Å². The number of hydrogen-bond donors (Lipinski definition) is 2. The van der Waals surface area contributed by atoms with Crippen molar-refractivity contribution < 1.29 is 19.8 Å². The first kappa shape index (κ1) is 20.4. The molecule has 0 aromatic carbocycles. The SMILES string of the molecule is CCCCCCSc1nsnc1N1CC=CCC1.O=C(O)C(=O)O. The minimum atomic E-state index is -1.82. The number of aliphatic carboxylic acids is 2. The number of aromatic nitrogens is 2. The van der Waals surface area contributed by atoms with Crippen LogP contribution in [0.15, 0.2) is 17.2 Å². The van der Waals surface area contributed by atoms with Gasteiger partial charge in [-0.25, -0.2) is 9.59 Å². The highest BCUT2D eigenvalue weighted by Crippen LogP contribution is 2.29. The van der Waals surface area contributed by atoms with Crippen LogP contribution in [0.4, 0.5) is 5.82 Å². The van der Waals surface area contributed by atoms with Crippen LogP contribution in [0.1, 0.15) is 39.0 Å². The maximum atomic E-state index is 9.10. The Kier molecular flexibility index (Phi) is 10.1. The summed E-state index contributed by atoms with van der Waals surface area (Å²) in [6.07, 6.45) is 10.9. The van der Waals surface area contributed by atoms with Gasteiger partial charge in [0.05, 0.1) is 11.7 Å². The lowest BCUT2D eigenvalue weighted by Gasteiger charge is -2.23. The summed E-state index contributed by atoms with van der Waals surface area (Å²) in [4.78, 5) is 20.5. The van der Waals surface area contributed by atoms with Crippen LogP contribution in [0.25, 0.3) is 0 Å². The van der Waals surface area contributed by atoms with Crippen molar-refractivity contribution in [3.05, 3.63) is 12.2 Å². The maximum Gasteiger partial charge on any atom is 0.414 e. The van der Waals surface area contributed by atoms with Gasteiger partial charge in [-0.2, -0.15) is 8.75 Å². The molecule has 0 saturated carbocycles. The molecule has 7 nitrogen and oxygen atoms in total. The van der Waals surface area contributed by atoms with E-state index in [9.17, 15) is 0 Å². The molecule has 134 valence electrons. The number of carboxylic acids is 2. The average molecular weight is 374 g/mol. The molecule has 9 heteroatoms. The normalized spacial score (nSPS) is 13.3. The number of rotatable bonds is 7. The average Bonchev–Trinajstić information content (AvgIpc) is 3.04. The molecule has 2 heterocycles. The van der Waals surface area contributed by atoms with E-state index in [0.717, 1.165) is 30.4 Å². The summed E-state index contributed by atoms with van der Waals surface area (Å²) < 4.78 is 8.89. The number of nitrogens with zero attached hydrogens (tertiary/aromatic N) is 3. The van der Waals surface area contributed by atoms with Gasteiger partial charge in [0.1, 0.15) is 0 Å². The van der Waals surface area contributed by atoms with E-state index >= 15 is 0 Å². The van der Waals surface area contributed by atoms with Gasteiger partial charge in [0.15, 0.2) is 10.8 Å². The standard InChI is InChI=1S/C13H21N3S2.C2H2O4/c1-2-3-4-8-11-17-13-12(14-18-15-13)16-9-6-5-7-10-16;3-1(4)2(5)6/h5-6H,2-4,7-11H2,1H3;(H,3,4)(H,5,6). The van der Waals surface area contributed by atoms with Crippen LogP contribution in [-0.2, 0) is 9.59 Å². The lowest BCUT2D eigenvalue weighted by Crippen LogP contribution is -2.27. The van der Waals surface area contributed by atoms with E-state index in [1.165, 1.54) is 43.2 Å². The van der Waals surface area contributed by atoms with Crippen LogP contribution < -0.4 is 4.90 Å². The molecule has 2 rings (SSSR count). The number of anilines is 1. The molecule has 0 saturated heterocycles. The molecule has 0 unspecified atom stereocenters. The Labute approximate surface area is 150 Å². The highest BCUT2D eigenvalue weighted by Gasteiger charge is 2.16. The molecule has 1 aliphatic rings. The zero-order chi connectivity index (χ0) is 17.8. The van der Waals surface area contributed by atoms with Crippen molar-refractivity contribution in [1.82, 2.24) is 8.75 Å². The summed E-state index contributed by atoms with van der Waals surface area (Å²) in [6.45, 7) is 4.31. The fourth-order valence-electron chi connectivity index (χ4n) is 1.99. The van der Waals surface area contributed by atoms with Crippen molar-refractivity contribution in [2.24, 2.45) is 0 Å². The van der Waals surface area contributed by atoms with Gasteiger partial charge in [-0.3, -0.25) is 0 Å². The van der Waals surface area contributed by atoms with Crippen LogP contribution in [0.2, 0.25) is 0 Å². The van der Waals surface area contributed by atoms with Crippen LogP contribution in [0.5, 0.6) is 0 Å². The van der Waals surface area contributed by atoms with E-state index in [1.54, 1.807) is 0 Å². The summed E-state index contributed by atoms with van der Waals surface area (Å²) in [5.74, 6) is -1.38. The highest BCUT2D eigenvalue weighted by atomic mass is 32.2. The van der Waals surface area contributed by atoms with Gasteiger partial charge in [0.2, 0.25) is 0 Å². The fraction of sp³-hybridized carbons (Fsp3) is 0.600. The Balaban J connectivity index is 0.000000413. The summed E-state index contributed by atoms with van der Waals surface area (Å²) in [7, 11) is 0. The minimum absolute atomic E-state index is 0.981. The fourth-order valence-corrected chi connectivity index (χ4v) is 3.68. The van der Waals surface area contributed by atoms with Gasteiger partial charge in [0, 0.05) is 13.1 Å². The third-order valence-corrected chi connectivity index (χ3v) is 4.89. The highest BCUT2D eigenvalue weighted by molar-refractivity contribution is 7.99. The number of carboxylic acid groups (broad SMARTS) is 2. The zero-order valence-corrected chi connectivity index (χ0v) is 15.3. The molecule has 0 aliphatic carbocycles. The summed E-state index contributed by atoms with van der Waals surface area (Å²) in [5, 5.41) is 15.9. The molecule has 1 aromatic heterocycles. The molecule has 0 fully saturated rings. The second-order valence-electron chi connectivity index (χ2n) is 5.12. The van der Waals surface area contributed by atoms with Crippen LogP contribution in [-0.4, -0.2) is 49.7 Å². The van der Waals surface area contributed by atoms with Crippen molar-refractivity contribution in [3.8, 4) is 0 Å². The van der Waals surface area contributed by atoms with E-state index < -0.39 is 11.9 Å².